The Kier molecular flexibility index (Phi) is 7.39. The first-order valence-corrected chi connectivity index (χ1v) is 7.01. The fourth-order valence-electron chi connectivity index (χ4n) is 1.77. The van der Waals surface area contributed by atoms with Crippen LogP contribution in [-0.2, 0) is 4.74 Å². The highest BCUT2D eigenvalue weighted by molar-refractivity contribution is 6.00. The van der Waals surface area contributed by atoms with Crippen molar-refractivity contribution in [3.63, 3.8) is 0 Å². The molecule has 0 aliphatic rings. The minimum atomic E-state index is -0.257. The number of carbonyl (C=O) groups is 1. The van der Waals surface area contributed by atoms with Crippen LogP contribution in [0.5, 0.6) is 11.5 Å². The topological polar surface area (TPSA) is 82.8 Å². The summed E-state index contributed by atoms with van der Waals surface area (Å²) in [7, 11) is 3.03. The Morgan fingerprint density at radius 2 is 1.86 bits per heavy atom. The Labute approximate surface area is 125 Å². The van der Waals surface area contributed by atoms with E-state index >= 15 is 0 Å². The summed E-state index contributed by atoms with van der Waals surface area (Å²) in [6.07, 6.45) is 2.12. The van der Waals surface area contributed by atoms with E-state index in [0.717, 1.165) is 12.8 Å². The Hall–Kier alpha value is -1.95. The number of nitrogen functional groups attached to an aromatic ring is 1. The quantitative estimate of drug-likeness (QED) is 0.536. The van der Waals surface area contributed by atoms with E-state index in [1.165, 1.54) is 14.2 Å². The van der Waals surface area contributed by atoms with E-state index < -0.39 is 0 Å². The van der Waals surface area contributed by atoms with Gasteiger partial charge in [0.05, 0.1) is 26.4 Å². The number of unbranched alkanes of at least 4 members (excludes halogenated alkanes) is 1. The third-order valence-corrected chi connectivity index (χ3v) is 2.97. The summed E-state index contributed by atoms with van der Waals surface area (Å²) in [4.78, 5) is 12.1. The molecule has 0 aromatic heterocycles. The molecule has 3 N–H and O–H groups in total. The van der Waals surface area contributed by atoms with Crippen molar-refractivity contribution in [2.75, 3.05) is 39.7 Å². The van der Waals surface area contributed by atoms with Gasteiger partial charge in [-0.05, 0) is 12.5 Å². The number of nitrogens with two attached hydrogens (primary N) is 1. The smallest absolute Gasteiger partial charge is 0.253 e. The number of rotatable bonds is 9. The summed E-state index contributed by atoms with van der Waals surface area (Å²) in [6.45, 7) is 3.74. The standard InChI is InChI=1S/C15H24N2O4/c1-4-5-7-21-8-6-17-15(18)11-9-13(19-2)14(20-3)10-12(11)16/h9-10H,4-8,16H2,1-3H3,(H,17,18). The van der Waals surface area contributed by atoms with Crippen LogP contribution in [0.25, 0.3) is 0 Å². The normalized spacial score (nSPS) is 10.2. The van der Waals surface area contributed by atoms with Crippen LogP contribution in [0.15, 0.2) is 12.1 Å². The molecule has 1 aromatic rings. The van der Waals surface area contributed by atoms with Crippen molar-refractivity contribution in [1.29, 1.82) is 0 Å². The van der Waals surface area contributed by atoms with Gasteiger partial charge in [-0.2, -0.15) is 0 Å². The fraction of sp³-hybridized carbons (Fsp3) is 0.533. The Balaban J connectivity index is 2.57. The zero-order valence-corrected chi connectivity index (χ0v) is 12.9. The molecule has 6 heteroatoms. The molecule has 0 spiro atoms. The van der Waals surface area contributed by atoms with Crippen LogP contribution < -0.4 is 20.5 Å². The third-order valence-electron chi connectivity index (χ3n) is 2.97. The lowest BCUT2D eigenvalue weighted by atomic mass is 10.1. The van der Waals surface area contributed by atoms with Gasteiger partial charge in [0.15, 0.2) is 11.5 Å². The molecule has 1 rings (SSSR count). The second-order valence-corrected chi connectivity index (χ2v) is 4.52. The predicted molar refractivity (Wildman–Crippen MR) is 82.0 cm³/mol. The SMILES string of the molecule is CCCCOCCNC(=O)c1cc(OC)c(OC)cc1N. The summed E-state index contributed by atoms with van der Waals surface area (Å²) in [5, 5.41) is 2.77. The average molecular weight is 296 g/mol. The Morgan fingerprint density at radius 3 is 2.48 bits per heavy atom. The molecule has 118 valence electrons. The zero-order valence-electron chi connectivity index (χ0n) is 12.9. The summed E-state index contributed by atoms with van der Waals surface area (Å²) < 4.78 is 15.7. The Morgan fingerprint density at radius 1 is 1.19 bits per heavy atom. The maximum Gasteiger partial charge on any atom is 0.253 e. The molecule has 1 aromatic carbocycles. The number of methoxy groups -OCH3 is 2. The minimum Gasteiger partial charge on any atom is -0.493 e. The number of nitrogens with one attached hydrogen (secondary N) is 1. The molecule has 0 unspecified atom stereocenters. The number of benzene rings is 1. The highest BCUT2D eigenvalue weighted by Crippen LogP contribution is 2.31. The first kappa shape index (κ1) is 17.1. The molecule has 0 atom stereocenters. The molecule has 0 saturated heterocycles. The zero-order chi connectivity index (χ0) is 15.7. The van der Waals surface area contributed by atoms with E-state index in [0.29, 0.717) is 42.5 Å². The molecule has 0 fully saturated rings. The number of hydrogen-bond acceptors (Lipinski definition) is 5. The van der Waals surface area contributed by atoms with Gasteiger partial charge < -0.3 is 25.3 Å². The van der Waals surface area contributed by atoms with Crippen LogP contribution in [-0.4, -0.2) is 39.9 Å². The first-order valence-electron chi connectivity index (χ1n) is 7.01. The van der Waals surface area contributed by atoms with E-state index in [9.17, 15) is 4.79 Å². The average Bonchev–Trinajstić information content (AvgIpc) is 2.50. The molecular weight excluding hydrogens is 272 g/mol. The summed E-state index contributed by atoms with van der Waals surface area (Å²) in [6, 6.07) is 3.15. The number of ether oxygens (including phenoxy) is 3. The molecule has 0 aliphatic heterocycles. The van der Waals surface area contributed by atoms with Gasteiger partial charge >= 0.3 is 0 Å². The molecule has 0 saturated carbocycles. The first-order chi connectivity index (χ1) is 10.1. The lowest BCUT2D eigenvalue weighted by Crippen LogP contribution is -2.28. The maximum absolute atomic E-state index is 12.1. The van der Waals surface area contributed by atoms with Crippen molar-refractivity contribution >= 4 is 11.6 Å². The summed E-state index contributed by atoms with van der Waals surface area (Å²) >= 11 is 0. The molecule has 21 heavy (non-hydrogen) atoms. The van der Waals surface area contributed by atoms with E-state index in [2.05, 4.69) is 12.2 Å². The summed E-state index contributed by atoms with van der Waals surface area (Å²) in [5.41, 5.74) is 6.57. The van der Waals surface area contributed by atoms with Crippen LogP contribution in [0.3, 0.4) is 0 Å². The van der Waals surface area contributed by atoms with Crippen LogP contribution in [0.4, 0.5) is 5.69 Å². The van der Waals surface area contributed by atoms with Gasteiger partial charge in [-0.25, -0.2) is 0 Å². The third kappa shape index (κ3) is 5.15. The van der Waals surface area contributed by atoms with Crippen molar-refractivity contribution in [1.82, 2.24) is 5.32 Å². The highest BCUT2D eigenvalue weighted by Gasteiger charge is 2.14. The van der Waals surface area contributed by atoms with Gasteiger partial charge in [0, 0.05) is 24.9 Å². The summed E-state index contributed by atoms with van der Waals surface area (Å²) in [5.74, 6) is 0.707. The van der Waals surface area contributed by atoms with Gasteiger partial charge in [-0.1, -0.05) is 13.3 Å². The van der Waals surface area contributed by atoms with Gasteiger partial charge in [-0.15, -0.1) is 0 Å². The maximum atomic E-state index is 12.1. The predicted octanol–water partition coefficient (Wildman–Crippen LogP) is 1.83. The molecule has 1 amide bonds. The second-order valence-electron chi connectivity index (χ2n) is 4.52. The van der Waals surface area contributed by atoms with E-state index in [4.69, 9.17) is 19.9 Å². The van der Waals surface area contributed by atoms with Gasteiger partial charge in [-0.3, -0.25) is 4.79 Å². The Bertz CT molecular complexity index is 463. The van der Waals surface area contributed by atoms with E-state index in [1.54, 1.807) is 12.1 Å². The van der Waals surface area contributed by atoms with Gasteiger partial charge in [0.25, 0.3) is 5.91 Å². The number of hydrogen-bond donors (Lipinski definition) is 2. The molecule has 0 bridgehead atoms. The second kappa shape index (κ2) is 9.07. The fourth-order valence-corrected chi connectivity index (χ4v) is 1.77. The number of amides is 1. The monoisotopic (exact) mass is 296 g/mol. The minimum absolute atomic E-state index is 0.257. The van der Waals surface area contributed by atoms with Crippen molar-refractivity contribution in [3.8, 4) is 11.5 Å². The van der Waals surface area contributed by atoms with Gasteiger partial charge in [0.1, 0.15) is 0 Å². The number of carbonyl (C=O) groups excluding carboxylic acids is 1. The van der Waals surface area contributed by atoms with Gasteiger partial charge in [0.2, 0.25) is 0 Å². The van der Waals surface area contributed by atoms with E-state index in [-0.39, 0.29) is 5.91 Å². The van der Waals surface area contributed by atoms with Crippen LogP contribution in [0, 0.1) is 0 Å². The van der Waals surface area contributed by atoms with Crippen LogP contribution in [0.1, 0.15) is 30.1 Å². The molecule has 0 aliphatic carbocycles. The molecule has 0 radical (unpaired) electrons. The molecular formula is C15H24N2O4. The highest BCUT2D eigenvalue weighted by atomic mass is 16.5. The lowest BCUT2D eigenvalue weighted by Gasteiger charge is -2.12. The lowest BCUT2D eigenvalue weighted by molar-refractivity contribution is 0.0913. The van der Waals surface area contributed by atoms with Crippen LogP contribution in [0.2, 0.25) is 0 Å². The molecule has 6 nitrogen and oxygen atoms in total. The van der Waals surface area contributed by atoms with Crippen molar-refractivity contribution in [3.05, 3.63) is 17.7 Å². The number of anilines is 1. The van der Waals surface area contributed by atoms with Crippen LogP contribution >= 0.6 is 0 Å². The van der Waals surface area contributed by atoms with Crippen molar-refractivity contribution < 1.29 is 19.0 Å². The van der Waals surface area contributed by atoms with Crippen molar-refractivity contribution in [2.24, 2.45) is 0 Å². The van der Waals surface area contributed by atoms with Crippen molar-refractivity contribution in [2.45, 2.75) is 19.8 Å². The van der Waals surface area contributed by atoms with E-state index in [1.807, 2.05) is 0 Å². The largest absolute Gasteiger partial charge is 0.493 e. The molecule has 0 heterocycles.